The lowest BCUT2D eigenvalue weighted by Gasteiger charge is -2.20. The van der Waals surface area contributed by atoms with Crippen molar-refractivity contribution >= 4 is 43.6 Å². The van der Waals surface area contributed by atoms with Gasteiger partial charge in [-0.3, -0.25) is 4.57 Å². The van der Waals surface area contributed by atoms with Crippen molar-refractivity contribution in [3.63, 3.8) is 0 Å². The number of hydrogen-bond acceptors (Lipinski definition) is 2. The number of rotatable bonds is 3. The third kappa shape index (κ3) is 3.33. The van der Waals surface area contributed by atoms with Crippen LogP contribution in [0.25, 0.3) is 55.1 Å². The lowest BCUT2D eigenvalue weighted by atomic mass is 9.88. The molecule has 3 aromatic heterocycles. The highest BCUT2D eigenvalue weighted by atomic mass is 16.5. The van der Waals surface area contributed by atoms with Gasteiger partial charge < -0.3 is 9.30 Å². The van der Waals surface area contributed by atoms with Gasteiger partial charge in [0.05, 0.1) is 29.2 Å². The average Bonchev–Trinajstić information content (AvgIpc) is 3.44. The Morgan fingerprint density at radius 1 is 0.605 bits per heavy atom. The molecule has 0 radical (unpaired) electrons. The number of nitrogens with zero attached hydrogens (tertiary/aromatic N) is 3. The second-order valence-corrected chi connectivity index (χ2v) is 10.9. The zero-order chi connectivity index (χ0) is 26.0. The molecule has 186 valence electrons. The fraction of sp³-hybridized carbons (Fsp3) is 0.147. The highest BCUT2D eigenvalue weighted by Gasteiger charge is 2.19. The number of para-hydroxylation sites is 2. The van der Waals surface area contributed by atoms with Crippen molar-refractivity contribution in [1.29, 1.82) is 0 Å². The summed E-state index contributed by atoms with van der Waals surface area (Å²) in [7, 11) is 1.72. The van der Waals surface area contributed by atoms with Crippen molar-refractivity contribution in [3.8, 4) is 17.3 Å². The number of methoxy groups -OCH3 is 1. The van der Waals surface area contributed by atoms with Gasteiger partial charge in [0.15, 0.2) is 0 Å². The van der Waals surface area contributed by atoms with E-state index in [4.69, 9.17) is 9.72 Å². The molecule has 0 N–H and O–H groups in total. The van der Waals surface area contributed by atoms with E-state index < -0.39 is 0 Å². The average molecular weight is 496 g/mol. The monoisotopic (exact) mass is 495 g/mol. The van der Waals surface area contributed by atoms with Crippen LogP contribution in [-0.2, 0) is 5.41 Å². The number of pyridine rings is 1. The molecule has 0 aliphatic rings. The quantitative estimate of drug-likeness (QED) is 0.246. The topological polar surface area (TPSA) is 32.0 Å². The Labute approximate surface area is 221 Å². The van der Waals surface area contributed by atoms with Gasteiger partial charge in [-0.15, -0.1) is 0 Å². The van der Waals surface area contributed by atoms with Crippen molar-refractivity contribution < 1.29 is 4.74 Å². The summed E-state index contributed by atoms with van der Waals surface area (Å²) in [4.78, 5) is 4.82. The van der Waals surface area contributed by atoms with Gasteiger partial charge in [-0.05, 0) is 65.6 Å². The van der Waals surface area contributed by atoms with Crippen LogP contribution in [0.2, 0.25) is 0 Å². The van der Waals surface area contributed by atoms with Gasteiger partial charge in [-0.25, -0.2) is 4.98 Å². The molecule has 0 amide bonds. The minimum atomic E-state index is 0.0256. The molecule has 4 aromatic carbocycles. The van der Waals surface area contributed by atoms with Crippen molar-refractivity contribution in [2.45, 2.75) is 26.2 Å². The summed E-state index contributed by atoms with van der Waals surface area (Å²) in [5, 5.41) is 4.88. The fourth-order valence-corrected chi connectivity index (χ4v) is 5.71. The van der Waals surface area contributed by atoms with Crippen LogP contribution in [0, 0.1) is 0 Å². The third-order valence-corrected chi connectivity index (χ3v) is 7.64. The minimum Gasteiger partial charge on any atom is -0.497 e. The Bertz CT molecular complexity index is 1950. The smallest absolute Gasteiger partial charge is 0.137 e. The Morgan fingerprint density at radius 3 is 1.95 bits per heavy atom. The first-order valence-corrected chi connectivity index (χ1v) is 13.0. The number of ether oxygens (including phenoxy) is 1. The lowest BCUT2D eigenvalue weighted by molar-refractivity contribution is 0.415. The summed E-state index contributed by atoms with van der Waals surface area (Å²) in [5.41, 5.74) is 7.03. The number of benzene rings is 4. The molecular weight excluding hydrogens is 466 g/mol. The predicted octanol–water partition coefficient (Wildman–Crippen LogP) is 8.58. The van der Waals surface area contributed by atoms with E-state index in [1.165, 1.54) is 38.1 Å². The molecule has 0 fully saturated rings. The van der Waals surface area contributed by atoms with E-state index in [0.717, 1.165) is 28.3 Å². The molecular formula is C34H29N3O. The summed E-state index contributed by atoms with van der Waals surface area (Å²) < 4.78 is 10.3. The standard InChI is InChI=1S/C34H29N3O/c1-34(2,3)22-17-18-35-33(19-22)37-31-16-13-23(20-28(31)27-15-14-24(38-4)21-32(27)37)36-29-11-7-5-9-25(29)26-10-6-8-12-30(26)36/h5-21H,1-4H3. The molecule has 7 rings (SSSR count). The van der Waals surface area contributed by atoms with Crippen LogP contribution in [0.4, 0.5) is 0 Å². The molecule has 0 saturated carbocycles. The van der Waals surface area contributed by atoms with E-state index in [9.17, 15) is 0 Å². The third-order valence-electron chi connectivity index (χ3n) is 7.64. The highest BCUT2D eigenvalue weighted by Crippen LogP contribution is 2.38. The molecule has 0 saturated heterocycles. The van der Waals surface area contributed by atoms with Crippen LogP contribution >= 0.6 is 0 Å². The maximum atomic E-state index is 5.63. The van der Waals surface area contributed by atoms with E-state index in [1.807, 2.05) is 12.3 Å². The second kappa shape index (κ2) is 8.22. The Morgan fingerprint density at radius 2 is 1.26 bits per heavy atom. The van der Waals surface area contributed by atoms with Crippen LogP contribution in [-0.4, -0.2) is 21.2 Å². The summed E-state index contributed by atoms with van der Waals surface area (Å²) in [6, 6.07) is 34.7. The van der Waals surface area contributed by atoms with Gasteiger partial charge in [0.25, 0.3) is 0 Å². The van der Waals surface area contributed by atoms with Gasteiger partial charge in [-0.1, -0.05) is 57.2 Å². The summed E-state index contributed by atoms with van der Waals surface area (Å²) in [6.07, 6.45) is 1.92. The second-order valence-electron chi connectivity index (χ2n) is 10.9. The number of hydrogen-bond donors (Lipinski definition) is 0. The van der Waals surface area contributed by atoms with Crippen LogP contribution in [0.3, 0.4) is 0 Å². The van der Waals surface area contributed by atoms with Crippen LogP contribution in [0.15, 0.2) is 103 Å². The summed E-state index contributed by atoms with van der Waals surface area (Å²) in [5.74, 6) is 1.74. The maximum absolute atomic E-state index is 5.63. The SMILES string of the molecule is COc1ccc2c3cc(-n4c5ccccc5c5ccccc54)ccc3n(-c3cc(C(C)(C)C)ccn3)c2c1. The van der Waals surface area contributed by atoms with Crippen LogP contribution in [0.5, 0.6) is 5.75 Å². The maximum Gasteiger partial charge on any atom is 0.137 e. The molecule has 4 nitrogen and oxygen atoms in total. The molecule has 4 heteroatoms. The zero-order valence-electron chi connectivity index (χ0n) is 22.1. The first-order chi connectivity index (χ1) is 18.4. The van der Waals surface area contributed by atoms with Crippen molar-refractivity contribution in [2.24, 2.45) is 0 Å². The van der Waals surface area contributed by atoms with Crippen molar-refractivity contribution in [1.82, 2.24) is 14.1 Å². The van der Waals surface area contributed by atoms with Crippen LogP contribution < -0.4 is 4.74 Å². The Balaban J connectivity index is 1.55. The first kappa shape index (κ1) is 22.6. The fourth-order valence-electron chi connectivity index (χ4n) is 5.71. The van der Waals surface area contributed by atoms with Gasteiger partial charge in [0.2, 0.25) is 0 Å². The van der Waals surface area contributed by atoms with E-state index in [2.05, 4.69) is 121 Å². The molecule has 0 bridgehead atoms. The normalized spacial score (nSPS) is 12.2. The molecule has 38 heavy (non-hydrogen) atoms. The molecule has 0 aliphatic heterocycles. The van der Waals surface area contributed by atoms with Gasteiger partial charge in [-0.2, -0.15) is 0 Å². The Hall–Kier alpha value is -4.57. The largest absolute Gasteiger partial charge is 0.497 e. The van der Waals surface area contributed by atoms with E-state index in [1.54, 1.807) is 7.11 Å². The number of fused-ring (bicyclic) bond motifs is 6. The first-order valence-electron chi connectivity index (χ1n) is 13.0. The van der Waals surface area contributed by atoms with Crippen molar-refractivity contribution in [2.75, 3.05) is 7.11 Å². The minimum absolute atomic E-state index is 0.0256. The molecule has 7 aromatic rings. The van der Waals surface area contributed by atoms with E-state index >= 15 is 0 Å². The van der Waals surface area contributed by atoms with E-state index in [-0.39, 0.29) is 5.41 Å². The predicted molar refractivity (Wildman–Crippen MR) is 158 cm³/mol. The molecule has 0 spiro atoms. The van der Waals surface area contributed by atoms with Crippen molar-refractivity contribution in [3.05, 3.63) is 109 Å². The number of aromatic nitrogens is 3. The molecule has 3 heterocycles. The molecule has 0 atom stereocenters. The van der Waals surface area contributed by atoms with Gasteiger partial charge >= 0.3 is 0 Å². The lowest BCUT2D eigenvalue weighted by Crippen LogP contribution is -2.12. The Kier molecular flexibility index (Phi) is 4.89. The highest BCUT2D eigenvalue weighted by molar-refractivity contribution is 6.12. The zero-order valence-corrected chi connectivity index (χ0v) is 22.1. The van der Waals surface area contributed by atoms with Gasteiger partial charge in [0, 0.05) is 39.5 Å². The molecule has 0 aliphatic carbocycles. The molecule has 0 unspecified atom stereocenters. The van der Waals surface area contributed by atoms with Gasteiger partial charge in [0.1, 0.15) is 11.6 Å². The van der Waals surface area contributed by atoms with E-state index in [0.29, 0.717) is 0 Å². The summed E-state index contributed by atoms with van der Waals surface area (Å²) >= 11 is 0. The summed E-state index contributed by atoms with van der Waals surface area (Å²) in [6.45, 7) is 6.71. The van der Waals surface area contributed by atoms with Crippen LogP contribution in [0.1, 0.15) is 26.3 Å².